The summed E-state index contributed by atoms with van der Waals surface area (Å²) in [5.41, 5.74) is 1.59. The van der Waals surface area contributed by atoms with Gasteiger partial charge in [-0.2, -0.15) is 0 Å². The van der Waals surface area contributed by atoms with Crippen molar-refractivity contribution in [2.45, 2.75) is 0 Å². The van der Waals surface area contributed by atoms with E-state index in [0.29, 0.717) is 5.56 Å². The summed E-state index contributed by atoms with van der Waals surface area (Å²) in [6.07, 6.45) is 2.56. The van der Waals surface area contributed by atoms with Gasteiger partial charge in [-0.15, -0.1) is 11.3 Å². The Morgan fingerprint density at radius 3 is 3.00 bits per heavy atom. The molecule has 0 amide bonds. The van der Waals surface area contributed by atoms with E-state index < -0.39 is 0 Å². The maximum Gasteiger partial charge on any atom is 0.150 e. The Hall–Kier alpha value is -1.74. The van der Waals surface area contributed by atoms with Gasteiger partial charge in [0.1, 0.15) is 0 Å². The predicted molar refractivity (Wildman–Crippen MR) is 62.5 cm³/mol. The molecule has 15 heavy (non-hydrogen) atoms. The molecular weight excluding hydrogens is 206 g/mol. The Morgan fingerprint density at radius 2 is 2.13 bits per heavy atom. The lowest BCUT2D eigenvalue weighted by Crippen LogP contribution is -1.86. The highest BCUT2D eigenvalue weighted by Crippen LogP contribution is 2.29. The molecule has 0 saturated heterocycles. The molecule has 0 fully saturated rings. The van der Waals surface area contributed by atoms with Gasteiger partial charge in [0.15, 0.2) is 6.29 Å². The van der Waals surface area contributed by atoms with Crippen LogP contribution in [0.25, 0.3) is 21.0 Å². The molecule has 0 N–H and O–H groups in total. The fourth-order valence-electron chi connectivity index (χ4n) is 1.82. The number of rotatable bonds is 1. The van der Waals surface area contributed by atoms with Gasteiger partial charge in [-0.25, -0.2) is 0 Å². The van der Waals surface area contributed by atoms with Gasteiger partial charge in [-0.3, -0.25) is 9.78 Å². The second kappa shape index (κ2) is 3.14. The topological polar surface area (TPSA) is 30.0 Å². The number of hydrogen-bond acceptors (Lipinski definition) is 3. The van der Waals surface area contributed by atoms with Crippen molar-refractivity contribution in [1.29, 1.82) is 0 Å². The number of thiophene rings is 1. The summed E-state index contributed by atoms with van der Waals surface area (Å²) in [4.78, 5) is 15.2. The first kappa shape index (κ1) is 8.56. The summed E-state index contributed by atoms with van der Waals surface area (Å²) in [6.45, 7) is 0. The lowest BCUT2D eigenvalue weighted by molar-refractivity contribution is 0.112. The second-order valence-corrected chi connectivity index (χ2v) is 4.26. The van der Waals surface area contributed by atoms with Crippen molar-refractivity contribution < 1.29 is 4.79 Å². The molecule has 0 bridgehead atoms. The molecule has 1 aromatic carbocycles. The number of aldehydes is 1. The van der Waals surface area contributed by atoms with Gasteiger partial charge in [0.25, 0.3) is 0 Å². The van der Waals surface area contributed by atoms with Crippen molar-refractivity contribution in [3.63, 3.8) is 0 Å². The maximum absolute atomic E-state index is 11.0. The lowest BCUT2D eigenvalue weighted by atomic mass is 10.1. The number of hydrogen-bond donors (Lipinski definition) is 0. The third-order valence-corrected chi connectivity index (χ3v) is 3.38. The number of pyridine rings is 1. The van der Waals surface area contributed by atoms with E-state index in [0.717, 1.165) is 22.6 Å². The standard InChI is InChI=1S/C12H7NOS/c14-7-8-3-5-13-10-1-2-11-9(12(8)10)4-6-15-11/h1-7H. The maximum atomic E-state index is 11.0. The third kappa shape index (κ3) is 1.17. The first-order valence-electron chi connectivity index (χ1n) is 4.60. The van der Waals surface area contributed by atoms with Crippen molar-refractivity contribution >= 4 is 38.6 Å². The van der Waals surface area contributed by atoms with Crippen molar-refractivity contribution in [3.05, 3.63) is 41.4 Å². The quantitative estimate of drug-likeness (QED) is 0.581. The van der Waals surface area contributed by atoms with Crippen LogP contribution in [0.15, 0.2) is 35.8 Å². The molecular formula is C12H7NOS. The van der Waals surface area contributed by atoms with Gasteiger partial charge < -0.3 is 0 Å². The molecule has 0 aliphatic rings. The molecule has 0 aliphatic heterocycles. The van der Waals surface area contributed by atoms with E-state index in [2.05, 4.69) is 4.98 Å². The molecule has 2 aromatic heterocycles. The summed E-state index contributed by atoms with van der Waals surface area (Å²) in [7, 11) is 0. The molecule has 72 valence electrons. The third-order valence-electron chi connectivity index (χ3n) is 2.50. The number of nitrogens with zero attached hydrogens (tertiary/aromatic N) is 1. The molecule has 0 spiro atoms. The smallest absolute Gasteiger partial charge is 0.150 e. The minimum absolute atomic E-state index is 0.712. The number of carbonyl (C=O) groups excluding carboxylic acids is 1. The Kier molecular flexibility index (Phi) is 1.79. The van der Waals surface area contributed by atoms with Gasteiger partial charge >= 0.3 is 0 Å². The van der Waals surface area contributed by atoms with Gasteiger partial charge in [-0.05, 0) is 29.6 Å². The highest BCUT2D eigenvalue weighted by atomic mass is 32.1. The van der Waals surface area contributed by atoms with Gasteiger partial charge in [0, 0.05) is 27.2 Å². The van der Waals surface area contributed by atoms with Crippen LogP contribution in [0.3, 0.4) is 0 Å². The molecule has 3 heteroatoms. The first-order valence-corrected chi connectivity index (χ1v) is 5.48. The molecule has 0 unspecified atom stereocenters. The normalized spacial score (nSPS) is 10.9. The molecule has 0 atom stereocenters. The average Bonchev–Trinajstić information content (AvgIpc) is 2.76. The van der Waals surface area contributed by atoms with Crippen LogP contribution in [0.2, 0.25) is 0 Å². The molecule has 0 saturated carbocycles. The molecule has 2 heterocycles. The van der Waals surface area contributed by atoms with Gasteiger partial charge in [-0.1, -0.05) is 0 Å². The Bertz CT molecular complexity index is 657. The van der Waals surface area contributed by atoms with Crippen molar-refractivity contribution in [2.24, 2.45) is 0 Å². The average molecular weight is 213 g/mol. The summed E-state index contributed by atoms with van der Waals surface area (Å²) < 4.78 is 1.19. The lowest BCUT2D eigenvalue weighted by Gasteiger charge is -2.01. The van der Waals surface area contributed by atoms with Gasteiger partial charge in [0.05, 0.1) is 5.52 Å². The van der Waals surface area contributed by atoms with E-state index in [1.165, 1.54) is 4.70 Å². The highest BCUT2D eigenvalue weighted by Gasteiger charge is 2.06. The molecule has 0 radical (unpaired) electrons. The van der Waals surface area contributed by atoms with E-state index in [-0.39, 0.29) is 0 Å². The summed E-state index contributed by atoms with van der Waals surface area (Å²) in [5.74, 6) is 0. The highest BCUT2D eigenvalue weighted by molar-refractivity contribution is 7.17. The van der Waals surface area contributed by atoms with E-state index in [4.69, 9.17) is 0 Å². The van der Waals surface area contributed by atoms with Crippen molar-refractivity contribution in [3.8, 4) is 0 Å². The zero-order valence-corrected chi connectivity index (χ0v) is 8.62. The summed E-state index contributed by atoms with van der Waals surface area (Å²) in [5, 5.41) is 4.12. The summed E-state index contributed by atoms with van der Waals surface area (Å²) in [6, 6.07) is 7.80. The monoisotopic (exact) mass is 213 g/mol. The fourth-order valence-corrected chi connectivity index (χ4v) is 2.62. The Labute approximate surface area is 90.2 Å². The number of aromatic nitrogens is 1. The van der Waals surface area contributed by atoms with Crippen LogP contribution < -0.4 is 0 Å². The van der Waals surface area contributed by atoms with Crippen molar-refractivity contribution in [1.82, 2.24) is 4.98 Å². The number of fused-ring (bicyclic) bond motifs is 3. The van der Waals surface area contributed by atoms with Crippen LogP contribution in [-0.2, 0) is 0 Å². The second-order valence-electron chi connectivity index (χ2n) is 3.31. The largest absolute Gasteiger partial charge is 0.298 e. The van der Waals surface area contributed by atoms with Gasteiger partial charge in [0.2, 0.25) is 0 Å². The molecule has 2 nitrogen and oxygen atoms in total. The zero-order valence-electron chi connectivity index (χ0n) is 7.81. The van der Waals surface area contributed by atoms with Crippen LogP contribution in [0, 0.1) is 0 Å². The van der Waals surface area contributed by atoms with Crippen LogP contribution in [-0.4, -0.2) is 11.3 Å². The van der Waals surface area contributed by atoms with E-state index in [1.54, 1.807) is 23.6 Å². The molecule has 3 aromatic rings. The minimum atomic E-state index is 0.712. The van der Waals surface area contributed by atoms with E-state index in [1.807, 2.05) is 23.6 Å². The molecule has 3 rings (SSSR count). The van der Waals surface area contributed by atoms with E-state index in [9.17, 15) is 4.79 Å². The number of benzene rings is 1. The van der Waals surface area contributed by atoms with Crippen LogP contribution in [0.5, 0.6) is 0 Å². The minimum Gasteiger partial charge on any atom is -0.298 e. The van der Waals surface area contributed by atoms with Crippen LogP contribution in [0.4, 0.5) is 0 Å². The van der Waals surface area contributed by atoms with Crippen LogP contribution in [0.1, 0.15) is 10.4 Å². The Balaban J connectivity index is 2.64. The first-order chi connectivity index (χ1) is 7.40. The fraction of sp³-hybridized carbons (Fsp3) is 0. The SMILES string of the molecule is O=Cc1ccnc2ccc3sccc3c12. The van der Waals surface area contributed by atoms with Crippen LogP contribution >= 0.6 is 11.3 Å². The molecule has 0 aliphatic carbocycles. The zero-order chi connectivity index (χ0) is 10.3. The van der Waals surface area contributed by atoms with E-state index >= 15 is 0 Å². The predicted octanol–water partition coefficient (Wildman–Crippen LogP) is 3.26. The number of carbonyl (C=O) groups is 1. The van der Waals surface area contributed by atoms with Crippen molar-refractivity contribution in [2.75, 3.05) is 0 Å². The summed E-state index contributed by atoms with van der Waals surface area (Å²) >= 11 is 1.68. The Morgan fingerprint density at radius 1 is 1.20 bits per heavy atom.